The lowest BCUT2D eigenvalue weighted by Crippen LogP contribution is -2.27. The van der Waals surface area contributed by atoms with Crippen LogP contribution in [0.2, 0.25) is 0 Å². The molecule has 0 saturated carbocycles. The predicted octanol–water partition coefficient (Wildman–Crippen LogP) is 4.91. The van der Waals surface area contributed by atoms with Gasteiger partial charge in [-0.05, 0) is 47.5 Å². The third-order valence-electron chi connectivity index (χ3n) is 4.87. The molecule has 0 amide bonds. The minimum Gasteiger partial charge on any atom is -0.504 e. The van der Waals surface area contributed by atoms with E-state index in [-0.39, 0.29) is 11.9 Å². The van der Waals surface area contributed by atoms with Gasteiger partial charge in [-0.2, -0.15) is 11.3 Å². The van der Waals surface area contributed by atoms with Crippen molar-refractivity contribution in [2.45, 2.75) is 26.1 Å². The molecule has 1 aromatic heterocycles. The van der Waals surface area contributed by atoms with E-state index in [4.69, 9.17) is 9.47 Å². The van der Waals surface area contributed by atoms with E-state index >= 15 is 0 Å². The second-order valence-corrected chi connectivity index (χ2v) is 7.73. The third kappa shape index (κ3) is 3.94. The third-order valence-corrected chi connectivity index (χ3v) is 5.57. The number of aryl methyl sites for hydroxylation is 1. The number of benzene rings is 2. The molecule has 0 spiro atoms. The van der Waals surface area contributed by atoms with Gasteiger partial charge >= 0.3 is 0 Å². The molecule has 0 aliphatic carbocycles. The van der Waals surface area contributed by atoms with Crippen LogP contribution in [-0.2, 0) is 13.1 Å². The van der Waals surface area contributed by atoms with Crippen LogP contribution in [0, 0.1) is 6.92 Å². The first-order valence-corrected chi connectivity index (χ1v) is 9.93. The molecular formula is C22H23NO3S. The molecule has 27 heavy (non-hydrogen) atoms. The fourth-order valence-corrected chi connectivity index (χ4v) is 4.21. The highest BCUT2D eigenvalue weighted by molar-refractivity contribution is 7.07. The average Bonchev–Trinajstić information content (AvgIpc) is 3.13. The average molecular weight is 381 g/mol. The van der Waals surface area contributed by atoms with Crippen LogP contribution >= 0.6 is 11.3 Å². The van der Waals surface area contributed by atoms with Crippen LogP contribution in [0.1, 0.15) is 28.4 Å². The lowest BCUT2D eigenvalue weighted by atomic mass is 10.1. The Labute approximate surface area is 163 Å². The quantitative estimate of drug-likeness (QED) is 0.697. The number of aromatic hydroxyl groups is 1. The van der Waals surface area contributed by atoms with Gasteiger partial charge in [-0.15, -0.1) is 0 Å². The van der Waals surface area contributed by atoms with Gasteiger partial charge in [0.15, 0.2) is 11.5 Å². The van der Waals surface area contributed by atoms with E-state index in [0.717, 1.165) is 30.9 Å². The molecular weight excluding hydrogens is 358 g/mol. The molecule has 4 rings (SSSR count). The summed E-state index contributed by atoms with van der Waals surface area (Å²) in [5.74, 6) is 1.63. The number of nitrogens with zero attached hydrogens (tertiary/aromatic N) is 1. The van der Waals surface area contributed by atoms with E-state index in [2.05, 4.69) is 46.8 Å². The fraction of sp³-hybridized carbons (Fsp3) is 0.273. The highest BCUT2D eigenvalue weighted by Crippen LogP contribution is 2.34. The molecule has 4 nitrogen and oxygen atoms in total. The standard InChI is InChI=1S/C22H23NO3S/c1-15-3-6-20-18(9-15)12-23(13-22(26-20)17-7-8-27-14-17)11-16-4-5-19(24)21(10-16)25-2/h3-10,14,22,24H,11-13H2,1-2H3/t22-/m0/s1. The summed E-state index contributed by atoms with van der Waals surface area (Å²) in [5.41, 5.74) is 4.75. The number of phenols is 1. The van der Waals surface area contributed by atoms with Crippen LogP contribution in [0.15, 0.2) is 53.2 Å². The SMILES string of the molecule is COc1cc(CN2Cc3cc(C)ccc3O[C@H](c3ccsc3)C2)ccc1O. The van der Waals surface area contributed by atoms with Crippen LogP contribution in [0.3, 0.4) is 0 Å². The number of thiophene rings is 1. The summed E-state index contributed by atoms with van der Waals surface area (Å²) in [6.07, 6.45) is -0.000725. The Balaban J connectivity index is 1.64. The first kappa shape index (κ1) is 17.9. The highest BCUT2D eigenvalue weighted by Gasteiger charge is 2.25. The van der Waals surface area contributed by atoms with Gasteiger partial charge in [-0.25, -0.2) is 0 Å². The molecule has 0 fully saturated rings. The zero-order valence-corrected chi connectivity index (χ0v) is 16.3. The van der Waals surface area contributed by atoms with Gasteiger partial charge < -0.3 is 14.6 Å². The lowest BCUT2D eigenvalue weighted by Gasteiger charge is -2.24. The van der Waals surface area contributed by atoms with Gasteiger partial charge in [0.2, 0.25) is 0 Å². The molecule has 0 radical (unpaired) electrons. The van der Waals surface area contributed by atoms with Crippen molar-refractivity contribution in [1.82, 2.24) is 4.90 Å². The Morgan fingerprint density at radius 2 is 2.11 bits per heavy atom. The summed E-state index contributed by atoms with van der Waals surface area (Å²) in [6.45, 7) is 4.49. The van der Waals surface area contributed by atoms with E-state index in [1.807, 2.05) is 12.1 Å². The van der Waals surface area contributed by atoms with E-state index in [1.165, 1.54) is 16.7 Å². The van der Waals surface area contributed by atoms with Crippen LogP contribution in [0.25, 0.3) is 0 Å². The Hall–Kier alpha value is -2.50. The van der Waals surface area contributed by atoms with Crippen molar-refractivity contribution in [2.24, 2.45) is 0 Å². The molecule has 1 atom stereocenters. The summed E-state index contributed by atoms with van der Waals surface area (Å²) >= 11 is 1.69. The fourth-order valence-electron chi connectivity index (χ4n) is 3.51. The first-order valence-electron chi connectivity index (χ1n) is 8.99. The second kappa shape index (κ2) is 7.62. The molecule has 3 aromatic rings. The summed E-state index contributed by atoms with van der Waals surface area (Å²) in [6, 6.07) is 14.1. The first-order chi connectivity index (χ1) is 13.1. The van der Waals surface area contributed by atoms with Crippen LogP contribution in [0.4, 0.5) is 0 Å². The second-order valence-electron chi connectivity index (χ2n) is 6.95. The Morgan fingerprint density at radius 3 is 2.89 bits per heavy atom. The van der Waals surface area contributed by atoms with Gasteiger partial charge in [-0.3, -0.25) is 4.90 Å². The molecule has 0 bridgehead atoms. The van der Waals surface area contributed by atoms with Crippen molar-refractivity contribution in [3.63, 3.8) is 0 Å². The van der Waals surface area contributed by atoms with E-state index in [0.29, 0.717) is 5.75 Å². The maximum atomic E-state index is 9.86. The number of fused-ring (bicyclic) bond motifs is 1. The molecule has 2 aromatic carbocycles. The smallest absolute Gasteiger partial charge is 0.160 e. The van der Waals surface area contributed by atoms with Crippen LogP contribution in [0.5, 0.6) is 17.2 Å². The summed E-state index contributed by atoms with van der Waals surface area (Å²) in [4.78, 5) is 2.39. The van der Waals surface area contributed by atoms with Gasteiger partial charge in [-0.1, -0.05) is 23.8 Å². The zero-order chi connectivity index (χ0) is 18.8. The highest BCUT2D eigenvalue weighted by atomic mass is 32.1. The summed E-state index contributed by atoms with van der Waals surface area (Å²) in [7, 11) is 1.57. The molecule has 1 N–H and O–H groups in total. The van der Waals surface area contributed by atoms with Gasteiger partial charge in [0, 0.05) is 30.8 Å². The topological polar surface area (TPSA) is 41.9 Å². The van der Waals surface area contributed by atoms with E-state index in [9.17, 15) is 5.11 Å². The Kier molecular flexibility index (Phi) is 5.05. The van der Waals surface area contributed by atoms with E-state index < -0.39 is 0 Å². The molecule has 1 aliphatic rings. The maximum absolute atomic E-state index is 9.86. The van der Waals surface area contributed by atoms with Crippen molar-refractivity contribution < 1.29 is 14.6 Å². The van der Waals surface area contributed by atoms with Crippen molar-refractivity contribution in [1.29, 1.82) is 0 Å². The number of rotatable bonds is 4. The number of hydrogen-bond acceptors (Lipinski definition) is 5. The summed E-state index contributed by atoms with van der Waals surface area (Å²) in [5, 5.41) is 14.1. The molecule has 5 heteroatoms. The van der Waals surface area contributed by atoms with Gasteiger partial charge in [0.1, 0.15) is 11.9 Å². The largest absolute Gasteiger partial charge is 0.504 e. The van der Waals surface area contributed by atoms with Gasteiger partial charge in [0.05, 0.1) is 7.11 Å². The monoisotopic (exact) mass is 381 g/mol. The van der Waals surface area contributed by atoms with Crippen LogP contribution < -0.4 is 9.47 Å². The molecule has 1 aliphatic heterocycles. The number of methoxy groups -OCH3 is 1. The Bertz CT molecular complexity index is 923. The van der Waals surface area contributed by atoms with Crippen molar-refractivity contribution in [3.8, 4) is 17.2 Å². The lowest BCUT2D eigenvalue weighted by molar-refractivity contribution is 0.144. The normalized spacial score (nSPS) is 17.0. The molecule has 2 heterocycles. The number of hydrogen-bond donors (Lipinski definition) is 1. The molecule has 140 valence electrons. The van der Waals surface area contributed by atoms with Crippen molar-refractivity contribution in [3.05, 3.63) is 75.5 Å². The van der Waals surface area contributed by atoms with Gasteiger partial charge in [0.25, 0.3) is 0 Å². The predicted molar refractivity (Wildman–Crippen MR) is 108 cm³/mol. The molecule has 0 saturated heterocycles. The van der Waals surface area contributed by atoms with E-state index in [1.54, 1.807) is 24.5 Å². The van der Waals surface area contributed by atoms with Crippen molar-refractivity contribution >= 4 is 11.3 Å². The van der Waals surface area contributed by atoms with Crippen LogP contribution in [-0.4, -0.2) is 23.7 Å². The zero-order valence-electron chi connectivity index (χ0n) is 15.5. The Morgan fingerprint density at radius 1 is 1.22 bits per heavy atom. The molecule has 0 unspecified atom stereocenters. The maximum Gasteiger partial charge on any atom is 0.160 e. The minimum atomic E-state index is -0.000725. The van der Waals surface area contributed by atoms with Crippen molar-refractivity contribution in [2.75, 3.05) is 13.7 Å². The summed E-state index contributed by atoms with van der Waals surface area (Å²) < 4.78 is 11.6. The minimum absolute atomic E-state index is 0.000725. The number of ether oxygens (including phenoxy) is 2. The number of phenolic OH excluding ortho intramolecular Hbond substituents is 1.